The van der Waals surface area contributed by atoms with Gasteiger partial charge in [-0.2, -0.15) is 0 Å². The van der Waals surface area contributed by atoms with Gasteiger partial charge in [-0.3, -0.25) is 0 Å². The summed E-state index contributed by atoms with van der Waals surface area (Å²) in [5.41, 5.74) is 3.14. The van der Waals surface area contributed by atoms with E-state index in [0.717, 1.165) is 0 Å². The Morgan fingerprint density at radius 2 is 2.00 bits per heavy atom. The van der Waals surface area contributed by atoms with Gasteiger partial charge in [0.25, 0.3) is 0 Å². The van der Waals surface area contributed by atoms with Crippen molar-refractivity contribution in [1.82, 2.24) is 0 Å². The van der Waals surface area contributed by atoms with E-state index in [1.165, 1.54) is 19.3 Å². The predicted octanol–water partition coefficient (Wildman–Crippen LogP) is 3.31. The second-order valence-electron chi connectivity index (χ2n) is 2.77. The minimum atomic E-state index is 0. The molecule has 0 heteroatoms. The highest BCUT2D eigenvalue weighted by Gasteiger charge is 1.97. The topological polar surface area (TPSA) is 0 Å². The molecule has 0 radical (unpaired) electrons. The first-order chi connectivity index (χ1) is 4.30. The highest BCUT2D eigenvalue weighted by atomic mass is 14.0. The fourth-order valence-corrected chi connectivity index (χ4v) is 1.07. The molecule has 0 aliphatic heterocycles. The van der Waals surface area contributed by atoms with Crippen molar-refractivity contribution < 1.29 is 1.43 Å². The van der Waals surface area contributed by atoms with Crippen LogP contribution in [0.1, 0.15) is 34.5 Å². The van der Waals surface area contributed by atoms with Crippen LogP contribution in [0.2, 0.25) is 0 Å². The Kier molecular flexibility index (Phi) is 2.10. The molecule has 0 amide bonds. The lowest BCUT2D eigenvalue weighted by Crippen LogP contribution is -1.78. The van der Waals surface area contributed by atoms with Crippen LogP contribution in [0, 0.1) is 0 Å². The molecule has 0 heterocycles. The maximum absolute atomic E-state index is 2.28. The third-order valence-electron chi connectivity index (χ3n) is 2.01. The highest BCUT2D eigenvalue weighted by Crippen LogP contribution is 2.17. The summed E-state index contributed by atoms with van der Waals surface area (Å²) in [7, 11) is 0. The molecule has 1 aliphatic carbocycles. The molecule has 9 heavy (non-hydrogen) atoms. The van der Waals surface area contributed by atoms with E-state index in [0.29, 0.717) is 0 Å². The Hall–Kier alpha value is -0.520. The largest absolute Gasteiger partial charge is 0.0879 e. The van der Waals surface area contributed by atoms with Gasteiger partial charge in [-0.05, 0) is 33.1 Å². The SMILES string of the molecule is CC1=C(C)CCC=CC1.[HH]. The van der Waals surface area contributed by atoms with E-state index >= 15 is 0 Å². The van der Waals surface area contributed by atoms with Gasteiger partial charge in [0.05, 0.1) is 0 Å². The molecule has 0 nitrogen and oxygen atoms in total. The van der Waals surface area contributed by atoms with Gasteiger partial charge in [-0.15, -0.1) is 0 Å². The van der Waals surface area contributed by atoms with Crippen molar-refractivity contribution in [2.75, 3.05) is 0 Å². The minimum absolute atomic E-state index is 0. The van der Waals surface area contributed by atoms with Crippen LogP contribution in [-0.2, 0) is 0 Å². The molecule has 0 fully saturated rings. The van der Waals surface area contributed by atoms with Gasteiger partial charge in [-0.1, -0.05) is 23.3 Å². The second-order valence-corrected chi connectivity index (χ2v) is 2.77. The molecule has 0 N–H and O–H groups in total. The van der Waals surface area contributed by atoms with E-state index in [9.17, 15) is 0 Å². The molecule has 0 aromatic heterocycles. The lowest BCUT2D eigenvalue weighted by molar-refractivity contribution is 0.965. The van der Waals surface area contributed by atoms with Gasteiger partial charge < -0.3 is 0 Å². The fourth-order valence-electron chi connectivity index (χ4n) is 1.07. The molecule has 52 valence electrons. The van der Waals surface area contributed by atoms with E-state index in [1.807, 2.05) is 0 Å². The highest BCUT2D eigenvalue weighted by molar-refractivity contribution is 5.16. The van der Waals surface area contributed by atoms with Gasteiger partial charge in [-0.25, -0.2) is 0 Å². The number of hydrogen-bond acceptors (Lipinski definition) is 0. The molecule has 0 atom stereocenters. The van der Waals surface area contributed by atoms with Crippen molar-refractivity contribution in [3.8, 4) is 0 Å². The van der Waals surface area contributed by atoms with Crippen LogP contribution in [-0.4, -0.2) is 0 Å². The van der Waals surface area contributed by atoms with Crippen molar-refractivity contribution in [2.24, 2.45) is 0 Å². The molecule has 0 unspecified atom stereocenters. The van der Waals surface area contributed by atoms with Crippen LogP contribution in [0.25, 0.3) is 0 Å². The maximum Gasteiger partial charge on any atom is 0 e. The molecule has 1 rings (SSSR count). The van der Waals surface area contributed by atoms with Crippen molar-refractivity contribution >= 4 is 0 Å². The summed E-state index contributed by atoms with van der Waals surface area (Å²) in [5, 5.41) is 0. The summed E-state index contributed by atoms with van der Waals surface area (Å²) in [4.78, 5) is 0. The molecular weight excluding hydrogens is 108 g/mol. The van der Waals surface area contributed by atoms with E-state index < -0.39 is 0 Å². The van der Waals surface area contributed by atoms with Gasteiger partial charge >= 0.3 is 0 Å². The van der Waals surface area contributed by atoms with Crippen LogP contribution in [0.3, 0.4) is 0 Å². The van der Waals surface area contributed by atoms with E-state index in [4.69, 9.17) is 0 Å². The van der Waals surface area contributed by atoms with Crippen molar-refractivity contribution in [2.45, 2.75) is 33.1 Å². The Morgan fingerprint density at radius 1 is 1.22 bits per heavy atom. The molecule has 0 aromatic rings. The molecule has 0 bridgehead atoms. The molecule has 0 saturated heterocycles. The van der Waals surface area contributed by atoms with Crippen LogP contribution in [0.4, 0.5) is 0 Å². The summed E-state index contributed by atoms with van der Waals surface area (Å²) in [6.45, 7) is 4.47. The number of rotatable bonds is 0. The van der Waals surface area contributed by atoms with Crippen molar-refractivity contribution in [1.29, 1.82) is 0 Å². The first-order valence-corrected chi connectivity index (χ1v) is 3.61. The van der Waals surface area contributed by atoms with Crippen LogP contribution < -0.4 is 0 Å². The van der Waals surface area contributed by atoms with Crippen LogP contribution in [0.5, 0.6) is 0 Å². The Morgan fingerprint density at radius 3 is 2.78 bits per heavy atom. The van der Waals surface area contributed by atoms with E-state index in [2.05, 4.69) is 26.0 Å². The Bertz CT molecular complexity index is 154. The first-order valence-electron chi connectivity index (χ1n) is 3.61. The molecular formula is C9H16. The van der Waals surface area contributed by atoms with Gasteiger partial charge in [0.2, 0.25) is 0 Å². The Labute approximate surface area is 58.8 Å². The van der Waals surface area contributed by atoms with E-state index in [-0.39, 0.29) is 1.43 Å². The zero-order valence-corrected chi connectivity index (χ0v) is 6.28. The third-order valence-corrected chi connectivity index (χ3v) is 2.01. The summed E-state index contributed by atoms with van der Waals surface area (Å²) in [5.74, 6) is 0. The normalized spacial score (nSPS) is 20.2. The number of hydrogen-bond donors (Lipinski definition) is 0. The Balaban J connectivity index is 0.000000810. The smallest absolute Gasteiger partial charge is 0 e. The summed E-state index contributed by atoms with van der Waals surface area (Å²) in [6.07, 6.45) is 8.23. The fraction of sp³-hybridized carbons (Fsp3) is 0.556. The van der Waals surface area contributed by atoms with Crippen molar-refractivity contribution in [3.05, 3.63) is 23.3 Å². The maximum atomic E-state index is 2.28. The monoisotopic (exact) mass is 124 g/mol. The molecule has 0 spiro atoms. The third kappa shape index (κ3) is 1.70. The zero-order valence-electron chi connectivity index (χ0n) is 6.28. The van der Waals surface area contributed by atoms with Crippen LogP contribution >= 0.6 is 0 Å². The predicted molar refractivity (Wildman–Crippen MR) is 43.5 cm³/mol. The number of allylic oxidation sites excluding steroid dienone is 4. The van der Waals surface area contributed by atoms with E-state index in [1.54, 1.807) is 11.1 Å². The molecule has 1 aliphatic rings. The lowest BCUT2D eigenvalue weighted by Gasteiger charge is -1.99. The van der Waals surface area contributed by atoms with Gasteiger partial charge in [0.15, 0.2) is 0 Å². The average molecular weight is 124 g/mol. The summed E-state index contributed by atoms with van der Waals surface area (Å²) in [6, 6.07) is 0. The molecule has 0 saturated carbocycles. The first kappa shape index (κ1) is 6.60. The minimum Gasteiger partial charge on any atom is -0.0879 e. The zero-order chi connectivity index (χ0) is 6.69. The second kappa shape index (κ2) is 2.86. The average Bonchev–Trinajstić information content (AvgIpc) is 1.99. The lowest BCUT2D eigenvalue weighted by atomic mass is 10.1. The van der Waals surface area contributed by atoms with Gasteiger partial charge in [0, 0.05) is 1.43 Å². The standard InChI is InChI=1S/C9H14.H2/c1-8-6-4-3-5-7-9(8)2;/h3-4H,5-7H2,1-2H3;1H. The quantitative estimate of drug-likeness (QED) is 0.434. The van der Waals surface area contributed by atoms with Crippen LogP contribution in [0.15, 0.2) is 23.3 Å². The molecule has 0 aromatic carbocycles. The summed E-state index contributed by atoms with van der Waals surface area (Å²) >= 11 is 0. The summed E-state index contributed by atoms with van der Waals surface area (Å²) < 4.78 is 0. The van der Waals surface area contributed by atoms with Crippen molar-refractivity contribution in [3.63, 3.8) is 0 Å². The van der Waals surface area contributed by atoms with Gasteiger partial charge in [0.1, 0.15) is 0 Å².